The summed E-state index contributed by atoms with van der Waals surface area (Å²) in [6.45, 7) is 0. The second-order valence-electron chi connectivity index (χ2n) is 8.58. The Hall–Kier alpha value is -2.59. The highest BCUT2D eigenvalue weighted by atomic mass is 35.5. The zero-order valence-corrected chi connectivity index (χ0v) is 20.3. The van der Waals surface area contributed by atoms with E-state index in [1.54, 1.807) is 30.3 Å². The van der Waals surface area contributed by atoms with E-state index < -0.39 is 10.0 Å². The zero-order chi connectivity index (χ0) is 24.0. The summed E-state index contributed by atoms with van der Waals surface area (Å²) in [6.07, 6.45) is 0.709. The van der Waals surface area contributed by atoms with Crippen LogP contribution in [0.3, 0.4) is 0 Å². The number of halogens is 1. The minimum atomic E-state index is -3.88. The van der Waals surface area contributed by atoms with E-state index in [9.17, 15) is 18.5 Å². The van der Waals surface area contributed by atoms with Crippen molar-refractivity contribution in [3.63, 3.8) is 0 Å². The molecule has 5 atom stereocenters. The van der Waals surface area contributed by atoms with Gasteiger partial charge in [-0.15, -0.1) is 23.4 Å². The van der Waals surface area contributed by atoms with Crippen molar-refractivity contribution in [1.29, 1.82) is 0 Å². The fourth-order valence-corrected chi connectivity index (χ4v) is 7.63. The minimum absolute atomic E-state index is 0.0309. The summed E-state index contributed by atoms with van der Waals surface area (Å²) < 4.78 is 24.1. The van der Waals surface area contributed by atoms with Crippen LogP contribution in [-0.4, -0.2) is 24.0 Å². The van der Waals surface area contributed by atoms with Crippen molar-refractivity contribution in [3.05, 3.63) is 94.0 Å². The Kier molecular flexibility index (Phi) is 6.05. The summed E-state index contributed by atoms with van der Waals surface area (Å²) in [5, 5.41) is 20.1. The molecule has 5 rings (SSSR count). The van der Waals surface area contributed by atoms with E-state index >= 15 is 0 Å². The second kappa shape index (κ2) is 8.88. The Balaban J connectivity index is 1.57. The lowest BCUT2D eigenvalue weighted by Crippen LogP contribution is -2.31. The van der Waals surface area contributed by atoms with Gasteiger partial charge < -0.3 is 5.32 Å². The number of primary sulfonamides is 1. The van der Waals surface area contributed by atoms with Gasteiger partial charge in [-0.3, -0.25) is 10.1 Å². The molecule has 1 saturated carbocycles. The minimum Gasteiger partial charge on any atom is -0.378 e. The Bertz CT molecular complexity index is 1350. The highest BCUT2D eigenvalue weighted by molar-refractivity contribution is 8.00. The molecule has 0 aromatic heterocycles. The average molecular weight is 516 g/mol. The zero-order valence-electron chi connectivity index (χ0n) is 17.9. The number of anilines is 1. The number of hydrogen-bond acceptors (Lipinski definition) is 6. The van der Waals surface area contributed by atoms with E-state index in [1.807, 2.05) is 18.2 Å². The third kappa shape index (κ3) is 4.17. The molecule has 1 aliphatic carbocycles. The first-order valence-electron chi connectivity index (χ1n) is 10.8. The molecule has 176 valence electrons. The van der Waals surface area contributed by atoms with Crippen molar-refractivity contribution < 1.29 is 13.3 Å². The maximum Gasteiger partial charge on any atom is 0.282 e. The van der Waals surface area contributed by atoms with E-state index in [4.69, 9.17) is 16.7 Å². The summed E-state index contributed by atoms with van der Waals surface area (Å²) in [4.78, 5) is 11.8. The van der Waals surface area contributed by atoms with Gasteiger partial charge in [-0.1, -0.05) is 42.5 Å². The van der Waals surface area contributed by atoms with Crippen LogP contribution in [0.4, 0.5) is 11.4 Å². The Labute approximate surface area is 206 Å². The third-order valence-electron chi connectivity index (χ3n) is 6.61. The maximum absolute atomic E-state index is 12.0. The Morgan fingerprint density at radius 1 is 1.06 bits per heavy atom. The highest BCUT2D eigenvalue weighted by Crippen LogP contribution is 2.58. The first-order valence-corrected chi connectivity index (χ1v) is 13.6. The molecule has 3 N–H and O–H groups in total. The molecule has 1 aliphatic heterocycles. The first kappa shape index (κ1) is 23.2. The molecule has 0 amide bonds. The SMILES string of the molecule is NS(=O)(=O)c1ccc2c(c1)[C@H]1[C@H](Cl)[C@H](Sc3ccccc3[N+](=O)[O-])C[C@H]1[C@@H](c1ccccc1)N2. The lowest BCUT2D eigenvalue weighted by atomic mass is 9.77. The van der Waals surface area contributed by atoms with Gasteiger partial charge in [-0.2, -0.15) is 0 Å². The Morgan fingerprint density at radius 3 is 2.47 bits per heavy atom. The van der Waals surface area contributed by atoms with Crippen LogP contribution < -0.4 is 10.5 Å². The molecule has 0 bridgehead atoms. The number of nitro benzene ring substituents is 1. The molecule has 10 heteroatoms. The van der Waals surface area contributed by atoms with Crippen LogP contribution in [0.5, 0.6) is 0 Å². The lowest BCUT2D eigenvalue weighted by molar-refractivity contribution is -0.387. The summed E-state index contributed by atoms with van der Waals surface area (Å²) in [5.41, 5.74) is 2.80. The number of para-hydroxylation sites is 1. The molecule has 7 nitrogen and oxygen atoms in total. The number of nitro groups is 1. The van der Waals surface area contributed by atoms with Crippen molar-refractivity contribution in [2.75, 3.05) is 5.32 Å². The number of nitrogens with zero attached hydrogens (tertiary/aromatic N) is 1. The van der Waals surface area contributed by atoms with E-state index in [2.05, 4.69) is 17.4 Å². The van der Waals surface area contributed by atoms with Gasteiger partial charge in [0.25, 0.3) is 5.69 Å². The summed E-state index contributed by atoms with van der Waals surface area (Å²) in [5.74, 6) is -0.0847. The van der Waals surface area contributed by atoms with Crippen molar-refractivity contribution in [3.8, 4) is 0 Å². The number of nitrogens with two attached hydrogens (primary N) is 1. The molecule has 0 unspecified atom stereocenters. The molecule has 3 aromatic carbocycles. The molecular weight excluding hydrogens is 494 g/mol. The van der Waals surface area contributed by atoms with Crippen molar-refractivity contribution in [2.24, 2.45) is 11.1 Å². The van der Waals surface area contributed by atoms with Gasteiger partial charge in [-0.25, -0.2) is 13.6 Å². The molecule has 34 heavy (non-hydrogen) atoms. The second-order valence-corrected chi connectivity index (χ2v) is 11.9. The van der Waals surface area contributed by atoms with Crippen molar-refractivity contribution in [1.82, 2.24) is 0 Å². The molecular formula is C24H22ClN3O4S2. The van der Waals surface area contributed by atoms with Gasteiger partial charge in [0.1, 0.15) is 0 Å². The standard InChI is InChI=1S/C24H22ClN3O4S2/c25-23-21(33-20-9-5-4-8-19(20)28(29)30)13-17-22(23)16-12-15(34(26,31)32)10-11-18(16)27-24(17)14-6-2-1-3-7-14/h1-12,17,21-24,27H,13H2,(H2,26,31,32)/t17-,21-,22-,23-,24-/m1/s1. The first-order chi connectivity index (χ1) is 16.2. The van der Waals surface area contributed by atoms with Crippen LogP contribution in [0.1, 0.15) is 29.5 Å². The maximum atomic E-state index is 12.0. The monoisotopic (exact) mass is 515 g/mol. The molecule has 1 heterocycles. The quantitative estimate of drug-likeness (QED) is 0.271. The number of hydrogen-bond donors (Lipinski definition) is 2. The Morgan fingerprint density at radius 2 is 1.76 bits per heavy atom. The van der Waals surface area contributed by atoms with Crippen LogP contribution in [0.25, 0.3) is 0 Å². The normalized spacial score (nSPS) is 25.8. The number of rotatable bonds is 5. The van der Waals surface area contributed by atoms with Crippen LogP contribution in [0, 0.1) is 16.0 Å². The van der Waals surface area contributed by atoms with Crippen LogP contribution >= 0.6 is 23.4 Å². The van der Waals surface area contributed by atoms with Gasteiger partial charge in [0.2, 0.25) is 10.0 Å². The number of thioether (sulfide) groups is 1. The van der Waals surface area contributed by atoms with Crippen LogP contribution in [0.2, 0.25) is 0 Å². The van der Waals surface area contributed by atoms with Crippen molar-refractivity contribution in [2.45, 2.75) is 38.8 Å². The van der Waals surface area contributed by atoms with Gasteiger partial charge >= 0.3 is 0 Å². The van der Waals surface area contributed by atoms with Crippen LogP contribution in [-0.2, 0) is 10.0 Å². The topological polar surface area (TPSA) is 115 Å². The van der Waals surface area contributed by atoms with Crippen molar-refractivity contribution >= 4 is 44.8 Å². The van der Waals surface area contributed by atoms with Gasteiger partial charge in [0.05, 0.1) is 26.1 Å². The lowest BCUT2D eigenvalue weighted by Gasteiger charge is -2.38. The number of nitrogens with one attached hydrogen (secondary N) is 1. The third-order valence-corrected chi connectivity index (χ3v) is 9.64. The summed E-state index contributed by atoms with van der Waals surface area (Å²) in [7, 11) is -3.88. The van der Waals surface area contributed by atoms with Gasteiger partial charge in [0.15, 0.2) is 0 Å². The average Bonchev–Trinajstić information content (AvgIpc) is 3.14. The fraction of sp³-hybridized carbons (Fsp3) is 0.250. The molecule has 3 aromatic rings. The van der Waals surface area contributed by atoms with Crippen LogP contribution in [0.15, 0.2) is 82.6 Å². The molecule has 2 aliphatic rings. The predicted molar refractivity (Wildman–Crippen MR) is 134 cm³/mol. The van der Waals surface area contributed by atoms with E-state index in [0.717, 1.165) is 16.8 Å². The largest absolute Gasteiger partial charge is 0.378 e. The van der Waals surface area contributed by atoms with Gasteiger partial charge in [0, 0.05) is 22.9 Å². The molecule has 1 fully saturated rings. The number of benzene rings is 3. The molecule has 0 spiro atoms. The predicted octanol–water partition coefficient (Wildman–Crippen LogP) is 5.28. The number of alkyl halides is 1. The summed E-state index contributed by atoms with van der Waals surface area (Å²) >= 11 is 8.50. The van der Waals surface area contributed by atoms with E-state index in [-0.39, 0.29) is 44.0 Å². The molecule has 0 saturated heterocycles. The number of fused-ring (bicyclic) bond motifs is 3. The fourth-order valence-electron chi connectivity index (χ4n) is 5.13. The van der Waals surface area contributed by atoms with E-state index in [0.29, 0.717) is 11.3 Å². The highest BCUT2D eigenvalue weighted by Gasteiger charge is 2.50. The smallest absolute Gasteiger partial charge is 0.282 e. The summed E-state index contributed by atoms with van der Waals surface area (Å²) in [6, 6.07) is 21.5. The van der Waals surface area contributed by atoms with Gasteiger partial charge in [-0.05, 0) is 47.7 Å². The van der Waals surface area contributed by atoms with E-state index in [1.165, 1.54) is 23.9 Å². The molecule has 0 radical (unpaired) electrons. The number of sulfonamides is 1.